The number of ketones is 1. The molecule has 1 unspecified atom stereocenters. The summed E-state index contributed by atoms with van der Waals surface area (Å²) in [6.07, 6.45) is -5.19. The van der Waals surface area contributed by atoms with E-state index in [0.29, 0.717) is 0 Å². The van der Waals surface area contributed by atoms with E-state index >= 15 is 0 Å². The molecule has 0 radical (unpaired) electrons. The van der Waals surface area contributed by atoms with Gasteiger partial charge in [-0.1, -0.05) is 0 Å². The average Bonchev–Trinajstić information content (AvgIpc) is 2.20. The molecule has 0 bridgehead atoms. The summed E-state index contributed by atoms with van der Waals surface area (Å²) in [6.45, 7) is 5.64. The second-order valence-corrected chi connectivity index (χ2v) is 5.46. The molecule has 1 atom stereocenters. The zero-order valence-corrected chi connectivity index (χ0v) is 11.9. The van der Waals surface area contributed by atoms with Crippen LogP contribution < -0.4 is 0 Å². The van der Waals surface area contributed by atoms with Crippen LogP contribution in [0.2, 0.25) is 0 Å². The lowest BCUT2D eigenvalue weighted by atomic mass is 9.87. The van der Waals surface area contributed by atoms with Crippen molar-refractivity contribution in [1.29, 1.82) is 0 Å². The number of hydrogen-bond acceptors (Lipinski definition) is 5. The first-order valence-electron chi connectivity index (χ1n) is 5.68. The number of hydrogen-bond donors (Lipinski definition) is 0. The van der Waals surface area contributed by atoms with Crippen LogP contribution in [0.3, 0.4) is 0 Å². The Morgan fingerprint density at radius 2 is 1.40 bits per heavy atom. The average molecular weight is 298 g/mol. The van der Waals surface area contributed by atoms with Gasteiger partial charge in [-0.15, -0.1) is 0 Å². The van der Waals surface area contributed by atoms with Gasteiger partial charge < -0.3 is 9.47 Å². The first kappa shape index (κ1) is 18.4. The lowest BCUT2D eigenvalue weighted by Gasteiger charge is -2.29. The van der Waals surface area contributed by atoms with E-state index in [1.54, 1.807) is 0 Å². The van der Waals surface area contributed by atoms with Crippen LogP contribution in [-0.4, -0.2) is 36.1 Å². The third kappa shape index (κ3) is 5.18. The van der Waals surface area contributed by atoms with E-state index in [-0.39, 0.29) is 0 Å². The molecule has 0 aliphatic carbocycles. The summed E-state index contributed by atoms with van der Waals surface area (Å²) in [6, 6.07) is 0. The highest BCUT2D eigenvalue weighted by Gasteiger charge is 2.47. The SMILES string of the molecule is CC(=O)C(C)(COC(=O)C(F)(F)F)C(=O)OC(C)(C)C. The molecule has 0 aromatic rings. The Hall–Kier alpha value is -1.60. The predicted molar refractivity (Wildman–Crippen MR) is 61.6 cm³/mol. The number of Topliss-reactive ketones (excluding diaryl/α,β-unsaturated/α-hetero) is 1. The second-order valence-electron chi connectivity index (χ2n) is 5.46. The zero-order chi connectivity index (χ0) is 16.4. The van der Waals surface area contributed by atoms with Crippen molar-refractivity contribution in [1.82, 2.24) is 0 Å². The standard InChI is InChI=1S/C12H17F3O5/c1-7(16)11(5,8(17)20-10(2,3)4)6-19-9(18)12(13,14)15/h6H2,1-5H3. The molecule has 5 nitrogen and oxygen atoms in total. The van der Waals surface area contributed by atoms with Crippen LogP contribution in [0.15, 0.2) is 0 Å². The van der Waals surface area contributed by atoms with Crippen LogP contribution >= 0.6 is 0 Å². The molecule has 20 heavy (non-hydrogen) atoms. The molecule has 0 fully saturated rings. The number of esters is 2. The highest BCUT2D eigenvalue weighted by Crippen LogP contribution is 2.26. The third-order valence-electron chi connectivity index (χ3n) is 2.35. The first-order chi connectivity index (χ1) is 8.70. The lowest BCUT2D eigenvalue weighted by Crippen LogP contribution is -2.45. The number of rotatable bonds is 4. The van der Waals surface area contributed by atoms with Gasteiger partial charge in [-0.2, -0.15) is 13.2 Å². The molecule has 0 aliphatic heterocycles. The molecule has 0 saturated heterocycles. The molecular formula is C12H17F3O5. The number of carbonyl (C=O) groups is 3. The molecule has 8 heteroatoms. The molecule has 0 spiro atoms. The van der Waals surface area contributed by atoms with E-state index in [2.05, 4.69) is 4.74 Å². The van der Waals surface area contributed by atoms with Crippen molar-refractivity contribution in [2.24, 2.45) is 5.41 Å². The molecule has 0 aromatic heterocycles. The largest absolute Gasteiger partial charge is 0.490 e. The second kappa shape index (κ2) is 5.80. The predicted octanol–water partition coefficient (Wildman–Crippen LogP) is 2.03. The monoisotopic (exact) mass is 298 g/mol. The van der Waals surface area contributed by atoms with E-state index in [4.69, 9.17) is 4.74 Å². The van der Waals surface area contributed by atoms with Crippen LogP contribution in [0.25, 0.3) is 0 Å². The van der Waals surface area contributed by atoms with Crippen molar-refractivity contribution < 1.29 is 37.0 Å². The molecule has 0 aromatic carbocycles. The molecule has 0 N–H and O–H groups in total. The maximum Gasteiger partial charge on any atom is 0.490 e. The Balaban J connectivity index is 5.01. The minimum Gasteiger partial charge on any atom is -0.459 e. The fourth-order valence-corrected chi connectivity index (χ4v) is 0.987. The molecule has 0 saturated carbocycles. The van der Waals surface area contributed by atoms with E-state index < -0.39 is 41.5 Å². The van der Waals surface area contributed by atoms with Crippen molar-refractivity contribution in [3.8, 4) is 0 Å². The van der Waals surface area contributed by atoms with E-state index in [1.807, 2.05) is 0 Å². The van der Waals surface area contributed by atoms with Gasteiger partial charge in [0.05, 0.1) is 0 Å². The van der Waals surface area contributed by atoms with E-state index in [0.717, 1.165) is 13.8 Å². The van der Waals surface area contributed by atoms with Crippen LogP contribution in [0.5, 0.6) is 0 Å². The number of carbonyl (C=O) groups excluding carboxylic acids is 3. The van der Waals surface area contributed by atoms with Crippen molar-refractivity contribution >= 4 is 17.7 Å². The molecule has 0 rings (SSSR count). The van der Waals surface area contributed by atoms with Crippen LogP contribution in [0.1, 0.15) is 34.6 Å². The lowest BCUT2D eigenvalue weighted by molar-refractivity contribution is -0.204. The Labute approximate surface area is 114 Å². The number of alkyl halides is 3. The summed E-state index contributed by atoms with van der Waals surface area (Å²) in [5.74, 6) is -4.28. The Kier molecular flexibility index (Phi) is 5.34. The van der Waals surface area contributed by atoms with Crippen molar-refractivity contribution in [3.63, 3.8) is 0 Å². The Bertz CT molecular complexity index is 408. The quantitative estimate of drug-likeness (QED) is 0.586. The first-order valence-corrected chi connectivity index (χ1v) is 5.68. The van der Waals surface area contributed by atoms with Gasteiger partial charge in [0.25, 0.3) is 0 Å². The summed E-state index contributed by atoms with van der Waals surface area (Å²) >= 11 is 0. The van der Waals surface area contributed by atoms with Gasteiger partial charge in [-0.25, -0.2) is 4.79 Å². The van der Waals surface area contributed by atoms with Gasteiger partial charge >= 0.3 is 18.1 Å². The smallest absolute Gasteiger partial charge is 0.459 e. The van der Waals surface area contributed by atoms with Crippen molar-refractivity contribution in [3.05, 3.63) is 0 Å². The highest BCUT2D eigenvalue weighted by molar-refractivity contribution is 6.02. The fraction of sp³-hybridized carbons (Fsp3) is 0.750. The van der Waals surface area contributed by atoms with Crippen LogP contribution in [0.4, 0.5) is 13.2 Å². The van der Waals surface area contributed by atoms with Gasteiger partial charge in [0.15, 0.2) is 5.41 Å². The zero-order valence-electron chi connectivity index (χ0n) is 11.9. The minimum atomic E-state index is -5.19. The van der Waals surface area contributed by atoms with Crippen molar-refractivity contribution in [2.75, 3.05) is 6.61 Å². The molecular weight excluding hydrogens is 281 g/mol. The summed E-state index contributed by atoms with van der Waals surface area (Å²) in [7, 11) is 0. The van der Waals surface area contributed by atoms with E-state index in [1.165, 1.54) is 20.8 Å². The van der Waals surface area contributed by atoms with Crippen LogP contribution in [0, 0.1) is 5.41 Å². The summed E-state index contributed by atoms with van der Waals surface area (Å²) < 4.78 is 45.0. The minimum absolute atomic E-state index is 0.762. The third-order valence-corrected chi connectivity index (χ3v) is 2.35. The summed E-state index contributed by atoms with van der Waals surface area (Å²) in [5.41, 5.74) is -2.91. The van der Waals surface area contributed by atoms with Crippen LogP contribution in [-0.2, 0) is 23.9 Å². The Morgan fingerprint density at radius 1 is 0.950 bits per heavy atom. The molecule has 116 valence electrons. The summed E-state index contributed by atoms with van der Waals surface area (Å²) in [4.78, 5) is 34.0. The highest BCUT2D eigenvalue weighted by atomic mass is 19.4. The number of halogens is 3. The van der Waals surface area contributed by atoms with Gasteiger partial charge in [0, 0.05) is 0 Å². The van der Waals surface area contributed by atoms with Crippen molar-refractivity contribution in [2.45, 2.75) is 46.4 Å². The van der Waals surface area contributed by atoms with Gasteiger partial charge in [0.1, 0.15) is 18.0 Å². The maximum absolute atomic E-state index is 12.0. The Morgan fingerprint density at radius 3 is 1.70 bits per heavy atom. The number of ether oxygens (including phenoxy) is 2. The topological polar surface area (TPSA) is 69.7 Å². The maximum atomic E-state index is 12.0. The molecule has 0 aliphatic rings. The van der Waals surface area contributed by atoms with Gasteiger partial charge in [-0.05, 0) is 34.6 Å². The van der Waals surface area contributed by atoms with Gasteiger partial charge in [-0.3, -0.25) is 9.59 Å². The van der Waals surface area contributed by atoms with Gasteiger partial charge in [0.2, 0.25) is 0 Å². The summed E-state index contributed by atoms with van der Waals surface area (Å²) in [5, 5.41) is 0. The normalized spacial score (nSPS) is 15.2. The fourth-order valence-electron chi connectivity index (χ4n) is 0.987. The van der Waals surface area contributed by atoms with E-state index in [9.17, 15) is 27.6 Å². The molecule has 0 heterocycles. The molecule has 0 amide bonds.